The molecule has 1 aromatic heterocycles. The summed E-state index contributed by atoms with van der Waals surface area (Å²) >= 11 is 0. The highest BCUT2D eigenvalue weighted by molar-refractivity contribution is 5.94. The number of aromatic nitrogens is 1. The fourth-order valence-corrected chi connectivity index (χ4v) is 3.29. The molecule has 1 aliphatic rings. The van der Waals surface area contributed by atoms with Crippen molar-refractivity contribution in [2.75, 3.05) is 13.7 Å². The zero-order valence-corrected chi connectivity index (χ0v) is 16.6. The van der Waals surface area contributed by atoms with Crippen LogP contribution in [0, 0.1) is 6.92 Å². The Labute approximate surface area is 172 Å². The van der Waals surface area contributed by atoms with Crippen LogP contribution in [0.1, 0.15) is 27.9 Å². The minimum atomic E-state index is -5.08. The summed E-state index contributed by atoms with van der Waals surface area (Å²) < 4.78 is 37.4. The van der Waals surface area contributed by atoms with Gasteiger partial charge in [-0.3, -0.25) is 9.78 Å². The molecule has 0 saturated carbocycles. The highest BCUT2D eigenvalue weighted by Crippen LogP contribution is 2.26. The van der Waals surface area contributed by atoms with Gasteiger partial charge in [0.2, 0.25) is 0 Å². The number of aliphatic carboxylic acids is 1. The second-order valence-electron chi connectivity index (χ2n) is 6.87. The quantitative estimate of drug-likeness (QED) is 0.813. The number of rotatable bonds is 4. The number of hydrogen-bond acceptors (Lipinski definition) is 4. The lowest BCUT2D eigenvalue weighted by molar-refractivity contribution is -0.192. The van der Waals surface area contributed by atoms with Crippen molar-refractivity contribution in [2.24, 2.45) is 0 Å². The van der Waals surface area contributed by atoms with Crippen LogP contribution in [-0.2, 0) is 16.0 Å². The molecular formula is C21H23F3N2O4. The lowest BCUT2D eigenvalue weighted by Gasteiger charge is -2.28. The average molecular weight is 424 g/mol. The summed E-state index contributed by atoms with van der Waals surface area (Å²) in [5, 5.41) is 7.12. The molecule has 3 rings (SSSR count). The Morgan fingerprint density at radius 2 is 1.87 bits per heavy atom. The minimum absolute atomic E-state index is 0.0432. The molecule has 1 aromatic carbocycles. The first-order valence-electron chi connectivity index (χ1n) is 9.23. The maximum absolute atomic E-state index is 12.9. The van der Waals surface area contributed by atoms with Crippen molar-refractivity contribution in [1.82, 2.24) is 9.88 Å². The van der Waals surface area contributed by atoms with E-state index in [1.807, 2.05) is 36.1 Å². The van der Waals surface area contributed by atoms with Crippen LogP contribution in [0.5, 0.6) is 0 Å². The van der Waals surface area contributed by atoms with E-state index in [4.69, 9.17) is 14.6 Å². The number of amides is 1. The number of ether oxygens (including phenoxy) is 1. The molecule has 0 radical (unpaired) electrons. The first-order valence-corrected chi connectivity index (χ1v) is 9.23. The maximum atomic E-state index is 12.9. The summed E-state index contributed by atoms with van der Waals surface area (Å²) in [4.78, 5) is 27.9. The molecule has 2 atom stereocenters. The van der Waals surface area contributed by atoms with Gasteiger partial charge in [-0.05, 0) is 37.0 Å². The van der Waals surface area contributed by atoms with E-state index in [1.165, 1.54) is 5.56 Å². The Balaban J connectivity index is 0.000000396. The zero-order chi connectivity index (χ0) is 22.3. The van der Waals surface area contributed by atoms with Crippen LogP contribution in [0.3, 0.4) is 0 Å². The van der Waals surface area contributed by atoms with E-state index in [-0.39, 0.29) is 18.1 Å². The van der Waals surface area contributed by atoms with Gasteiger partial charge in [-0.15, -0.1) is 0 Å². The molecule has 1 amide bonds. The Bertz CT molecular complexity index is 859. The summed E-state index contributed by atoms with van der Waals surface area (Å²) in [6.07, 6.45) is 0.0929. The number of aryl methyl sites for hydroxylation is 1. The van der Waals surface area contributed by atoms with Crippen LogP contribution in [0.15, 0.2) is 48.8 Å². The van der Waals surface area contributed by atoms with Gasteiger partial charge in [0.05, 0.1) is 17.7 Å². The Kier molecular flexibility index (Phi) is 7.93. The van der Waals surface area contributed by atoms with Gasteiger partial charge in [-0.2, -0.15) is 13.2 Å². The zero-order valence-electron chi connectivity index (χ0n) is 16.6. The summed E-state index contributed by atoms with van der Waals surface area (Å²) in [5.41, 5.74) is 2.87. The van der Waals surface area contributed by atoms with E-state index in [9.17, 15) is 18.0 Å². The molecule has 1 saturated heterocycles. The normalized spacial score (nSPS) is 18.5. The lowest BCUT2D eigenvalue weighted by atomic mass is 10.0. The number of carboxylic acids is 1. The average Bonchev–Trinajstić information content (AvgIpc) is 3.10. The standard InChI is InChI=1S/C19H22N2O2.C2HF3O2/c1-14-10-16(13-20-12-14)19(22)21-9-8-18(23-2)17(21)11-15-6-4-3-5-7-15;3-2(4,5)1(6)7/h3-7,10,12-13,17-18H,8-9,11H2,1-2H3;(H,6,7)/t17-,18+;/m0./s1. The van der Waals surface area contributed by atoms with Gasteiger partial charge >= 0.3 is 12.1 Å². The van der Waals surface area contributed by atoms with Crippen molar-refractivity contribution in [3.05, 3.63) is 65.5 Å². The number of alkyl halides is 3. The smallest absolute Gasteiger partial charge is 0.475 e. The number of carbonyl (C=O) groups excluding carboxylic acids is 1. The Morgan fingerprint density at radius 1 is 1.23 bits per heavy atom. The number of halogens is 3. The largest absolute Gasteiger partial charge is 0.490 e. The number of nitrogens with zero attached hydrogens (tertiary/aromatic N) is 2. The molecule has 0 spiro atoms. The number of benzene rings is 1. The molecule has 1 N–H and O–H groups in total. The molecular weight excluding hydrogens is 401 g/mol. The number of hydrogen-bond donors (Lipinski definition) is 1. The summed E-state index contributed by atoms with van der Waals surface area (Å²) in [7, 11) is 1.73. The molecule has 30 heavy (non-hydrogen) atoms. The van der Waals surface area contributed by atoms with E-state index in [2.05, 4.69) is 17.1 Å². The van der Waals surface area contributed by atoms with E-state index >= 15 is 0 Å². The van der Waals surface area contributed by atoms with Crippen LogP contribution in [-0.4, -0.2) is 58.8 Å². The molecule has 0 aliphatic carbocycles. The van der Waals surface area contributed by atoms with Gasteiger partial charge in [0.1, 0.15) is 0 Å². The first-order chi connectivity index (χ1) is 14.1. The van der Waals surface area contributed by atoms with Crippen molar-refractivity contribution in [3.8, 4) is 0 Å². The Hall–Kier alpha value is -2.94. The van der Waals surface area contributed by atoms with Crippen molar-refractivity contribution >= 4 is 11.9 Å². The third-order valence-corrected chi connectivity index (χ3v) is 4.70. The van der Waals surface area contributed by atoms with Crippen LogP contribution in [0.25, 0.3) is 0 Å². The van der Waals surface area contributed by atoms with Crippen molar-refractivity contribution in [2.45, 2.75) is 38.1 Å². The summed E-state index contributed by atoms with van der Waals surface area (Å²) in [6, 6.07) is 12.2. The summed E-state index contributed by atoms with van der Waals surface area (Å²) in [5.74, 6) is -2.71. The fourth-order valence-electron chi connectivity index (χ4n) is 3.29. The second kappa shape index (κ2) is 10.2. The number of carboxylic acid groups (broad SMARTS) is 1. The second-order valence-corrected chi connectivity index (χ2v) is 6.87. The number of carbonyl (C=O) groups is 2. The lowest BCUT2D eigenvalue weighted by Crippen LogP contribution is -2.41. The predicted molar refractivity (Wildman–Crippen MR) is 103 cm³/mol. The van der Waals surface area contributed by atoms with Crippen molar-refractivity contribution < 1.29 is 32.6 Å². The third kappa shape index (κ3) is 6.28. The molecule has 0 bridgehead atoms. The minimum Gasteiger partial charge on any atom is -0.475 e. The maximum Gasteiger partial charge on any atom is 0.490 e. The van der Waals surface area contributed by atoms with Gasteiger partial charge in [0.25, 0.3) is 5.91 Å². The molecule has 6 nitrogen and oxygen atoms in total. The van der Waals surface area contributed by atoms with Gasteiger partial charge in [-0.25, -0.2) is 4.79 Å². The monoisotopic (exact) mass is 424 g/mol. The van der Waals surface area contributed by atoms with Gasteiger partial charge < -0.3 is 14.7 Å². The van der Waals surface area contributed by atoms with E-state index < -0.39 is 12.1 Å². The van der Waals surface area contributed by atoms with E-state index in [0.29, 0.717) is 5.56 Å². The summed E-state index contributed by atoms with van der Waals surface area (Å²) in [6.45, 7) is 2.68. The molecule has 1 aliphatic heterocycles. The highest BCUT2D eigenvalue weighted by atomic mass is 19.4. The van der Waals surface area contributed by atoms with Crippen molar-refractivity contribution in [1.29, 1.82) is 0 Å². The van der Waals surface area contributed by atoms with E-state index in [1.54, 1.807) is 19.5 Å². The molecule has 1 fully saturated rings. The van der Waals surface area contributed by atoms with Crippen LogP contribution >= 0.6 is 0 Å². The van der Waals surface area contributed by atoms with Crippen LogP contribution < -0.4 is 0 Å². The SMILES string of the molecule is CO[C@@H]1CCN(C(=O)c2cncc(C)c2)[C@H]1Cc1ccccc1.O=C(O)C(F)(F)F. The number of pyridine rings is 1. The van der Waals surface area contributed by atoms with Crippen LogP contribution in [0.4, 0.5) is 13.2 Å². The van der Waals surface area contributed by atoms with Gasteiger partial charge in [0, 0.05) is 26.0 Å². The van der Waals surface area contributed by atoms with Crippen LogP contribution in [0.2, 0.25) is 0 Å². The fraction of sp³-hybridized carbons (Fsp3) is 0.381. The third-order valence-electron chi connectivity index (χ3n) is 4.70. The Morgan fingerprint density at radius 3 is 2.40 bits per heavy atom. The molecule has 2 heterocycles. The molecule has 2 aromatic rings. The highest BCUT2D eigenvalue weighted by Gasteiger charge is 2.38. The number of methoxy groups -OCH3 is 1. The topological polar surface area (TPSA) is 79.7 Å². The molecule has 162 valence electrons. The van der Waals surface area contributed by atoms with E-state index in [0.717, 1.165) is 24.9 Å². The predicted octanol–water partition coefficient (Wildman–Crippen LogP) is 3.50. The molecule has 0 unspecified atom stereocenters. The molecule has 9 heteroatoms. The van der Waals surface area contributed by atoms with Crippen molar-refractivity contribution in [3.63, 3.8) is 0 Å². The first kappa shape index (κ1) is 23.3. The number of likely N-dealkylation sites (tertiary alicyclic amines) is 1. The van der Waals surface area contributed by atoms with Gasteiger partial charge in [0.15, 0.2) is 0 Å². The van der Waals surface area contributed by atoms with Gasteiger partial charge in [-0.1, -0.05) is 30.3 Å².